The van der Waals surface area contributed by atoms with Crippen LogP contribution >= 0.6 is 0 Å². The van der Waals surface area contributed by atoms with Gasteiger partial charge >= 0.3 is 0 Å². The first-order chi connectivity index (χ1) is 15.9. The molecule has 0 bridgehead atoms. The van der Waals surface area contributed by atoms with Crippen LogP contribution in [0.2, 0.25) is 0 Å². The molecule has 0 spiro atoms. The van der Waals surface area contributed by atoms with Gasteiger partial charge in [0.25, 0.3) is 0 Å². The Balaban J connectivity index is 0.00000149. The summed E-state index contributed by atoms with van der Waals surface area (Å²) in [7, 11) is 0. The van der Waals surface area contributed by atoms with Gasteiger partial charge in [-0.1, -0.05) is 50.2 Å². The highest BCUT2D eigenvalue weighted by molar-refractivity contribution is 5.92. The molecule has 1 aromatic heterocycles. The van der Waals surface area contributed by atoms with Crippen LogP contribution in [0.4, 0.5) is 4.39 Å². The summed E-state index contributed by atoms with van der Waals surface area (Å²) in [4.78, 5) is 0. The third kappa shape index (κ3) is 5.26. The summed E-state index contributed by atoms with van der Waals surface area (Å²) in [5.41, 5.74) is 4.51. The highest BCUT2D eigenvalue weighted by Gasteiger charge is 2.25. The molecule has 170 valence electrons. The van der Waals surface area contributed by atoms with Crippen molar-refractivity contribution in [3.8, 4) is 17.5 Å². The van der Waals surface area contributed by atoms with Gasteiger partial charge in [-0.25, -0.2) is 4.39 Å². The van der Waals surface area contributed by atoms with Crippen molar-refractivity contribution in [3.63, 3.8) is 0 Å². The van der Waals surface area contributed by atoms with Gasteiger partial charge in [-0.3, -0.25) is 0 Å². The average Bonchev–Trinajstić information content (AvgIpc) is 3.11. The minimum absolute atomic E-state index is 0.275. The summed E-state index contributed by atoms with van der Waals surface area (Å²) in [6, 6.07) is 24.9. The molecule has 4 heteroatoms. The first kappa shape index (κ1) is 24.1. The Hall–Kier alpha value is -3.58. The number of nitrogens with zero attached hydrogens (tertiary/aromatic N) is 2. The number of fused-ring (bicyclic) bond motifs is 1. The molecular weight excluding hydrogens is 411 g/mol. The first-order valence-corrected chi connectivity index (χ1v) is 11.4. The van der Waals surface area contributed by atoms with E-state index in [1.165, 1.54) is 12.1 Å². The highest BCUT2D eigenvalue weighted by atomic mass is 19.1. The van der Waals surface area contributed by atoms with E-state index in [1.54, 1.807) is 12.1 Å². The Morgan fingerprint density at radius 3 is 2.24 bits per heavy atom. The Morgan fingerprint density at radius 1 is 0.939 bits per heavy atom. The van der Waals surface area contributed by atoms with Crippen molar-refractivity contribution in [2.45, 2.75) is 47.6 Å². The van der Waals surface area contributed by atoms with E-state index in [-0.39, 0.29) is 5.82 Å². The van der Waals surface area contributed by atoms with Crippen LogP contribution in [-0.2, 0) is 13.0 Å². The molecule has 4 rings (SSSR count). The lowest BCUT2D eigenvalue weighted by Gasteiger charge is -2.18. The summed E-state index contributed by atoms with van der Waals surface area (Å²) in [5.74, 6) is 0.526. The number of hydrogen-bond acceptors (Lipinski definition) is 2. The quantitative estimate of drug-likeness (QED) is 0.306. The van der Waals surface area contributed by atoms with Gasteiger partial charge < -0.3 is 9.30 Å². The zero-order valence-electron chi connectivity index (χ0n) is 20.0. The van der Waals surface area contributed by atoms with Gasteiger partial charge in [0.15, 0.2) is 0 Å². The molecule has 3 aromatic carbocycles. The maximum atomic E-state index is 13.6. The van der Waals surface area contributed by atoms with Crippen LogP contribution in [-0.4, -0.2) is 4.57 Å². The Morgan fingerprint density at radius 2 is 1.61 bits per heavy atom. The fourth-order valence-corrected chi connectivity index (χ4v) is 3.95. The molecule has 0 aliphatic heterocycles. The molecule has 3 nitrogen and oxygen atoms in total. The lowest BCUT2D eigenvalue weighted by Crippen LogP contribution is -2.15. The molecule has 0 saturated carbocycles. The molecule has 4 aromatic rings. The fraction of sp³-hybridized carbons (Fsp3) is 0.276. The van der Waals surface area contributed by atoms with Gasteiger partial charge in [-0.05, 0) is 68.3 Å². The van der Waals surface area contributed by atoms with Crippen LogP contribution in [0.3, 0.4) is 0 Å². The Bertz CT molecular complexity index is 1250. The normalized spacial score (nSPS) is 10.9. The lowest BCUT2D eigenvalue weighted by atomic mass is 9.88. The maximum Gasteiger partial charge on any atom is 0.129 e. The van der Waals surface area contributed by atoms with Crippen LogP contribution in [0.5, 0.6) is 5.75 Å². The number of ether oxygens (including phenoxy) is 1. The number of benzene rings is 3. The molecule has 0 radical (unpaired) electrons. The Labute approximate surface area is 196 Å². The summed E-state index contributed by atoms with van der Waals surface area (Å²) in [6.07, 6.45) is 0.569. The van der Waals surface area contributed by atoms with Crippen LogP contribution in [0.1, 0.15) is 44.5 Å². The number of hydrogen-bond donors (Lipinski definition) is 0. The molecule has 0 unspecified atom stereocenters. The molecule has 0 saturated heterocycles. The number of nitriles is 1. The second kappa shape index (κ2) is 10.4. The average molecular weight is 443 g/mol. The third-order valence-corrected chi connectivity index (χ3v) is 5.56. The molecule has 33 heavy (non-hydrogen) atoms. The van der Waals surface area contributed by atoms with Crippen LogP contribution in [0.15, 0.2) is 72.8 Å². The molecule has 1 heterocycles. The molecule has 0 amide bonds. The van der Waals surface area contributed by atoms with Gasteiger partial charge in [0.2, 0.25) is 0 Å². The second-order valence-corrected chi connectivity index (χ2v) is 8.48. The van der Waals surface area contributed by atoms with Crippen molar-refractivity contribution in [2.75, 3.05) is 0 Å². The van der Waals surface area contributed by atoms with E-state index < -0.39 is 5.41 Å². The molecule has 0 atom stereocenters. The predicted octanol–water partition coefficient (Wildman–Crippen LogP) is 7.78. The lowest BCUT2D eigenvalue weighted by molar-refractivity contribution is 0.310. The van der Waals surface area contributed by atoms with Crippen LogP contribution in [0, 0.1) is 29.5 Å². The summed E-state index contributed by atoms with van der Waals surface area (Å²) in [6.45, 7) is 10.4. The van der Waals surface area contributed by atoms with Crippen molar-refractivity contribution < 1.29 is 9.13 Å². The largest absolute Gasteiger partial charge is 0.488 e. The minimum atomic E-state index is -0.540. The van der Waals surface area contributed by atoms with Crippen molar-refractivity contribution in [1.82, 2.24) is 4.57 Å². The monoisotopic (exact) mass is 442 g/mol. The SMILES string of the molecule is CC.Cc1c(CC(C)(C)C#N)n(-c2ccc(F)cc2)c2cccc(OCc3ccccc3)c12. The molecule has 0 fully saturated rings. The van der Waals surface area contributed by atoms with E-state index in [9.17, 15) is 9.65 Å². The molecule has 0 aliphatic carbocycles. The smallest absolute Gasteiger partial charge is 0.129 e. The minimum Gasteiger partial charge on any atom is -0.488 e. The van der Waals surface area contributed by atoms with Gasteiger partial charge in [0.1, 0.15) is 18.2 Å². The van der Waals surface area contributed by atoms with E-state index in [0.717, 1.165) is 39.2 Å². The second-order valence-electron chi connectivity index (χ2n) is 8.48. The van der Waals surface area contributed by atoms with Gasteiger partial charge in [-0.15, -0.1) is 0 Å². The van der Waals surface area contributed by atoms with E-state index in [1.807, 2.05) is 76.2 Å². The van der Waals surface area contributed by atoms with Crippen molar-refractivity contribution in [2.24, 2.45) is 5.41 Å². The van der Waals surface area contributed by atoms with E-state index in [2.05, 4.69) is 17.6 Å². The standard InChI is InChI=1S/C27H25FN2O.C2H6/c1-19-24(16-27(2,3)18-29)30(22-14-12-21(28)13-15-22)23-10-7-11-25(26(19)23)31-17-20-8-5-4-6-9-20;1-2/h4-15H,16-17H2,1-3H3;1-2H3. The van der Waals surface area contributed by atoms with Crippen LogP contribution in [0.25, 0.3) is 16.6 Å². The summed E-state index contributed by atoms with van der Waals surface area (Å²) >= 11 is 0. The zero-order chi connectivity index (χ0) is 24.0. The Kier molecular flexibility index (Phi) is 7.55. The molecule has 0 aliphatic rings. The van der Waals surface area contributed by atoms with E-state index >= 15 is 0 Å². The predicted molar refractivity (Wildman–Crippen MR) is 133 cm³/mol. The molecule has 0 N–H and O–H groups in total. The first-order valence-electron chi connectivity index (χ1n) is 11.4. The maximum absolute atomic E-state index is 13.6. The van der Waals surface area contributed by atoms with Gasteiger partial charge in [0, 0.05) is 23.2 Å². The topological polar surface area (TPSA) is 38.0 Å². The van der Waals surface area contributed by atoms with E-state index in [0.29, 0.717) is 13.0 Å². The third-order valence-electron chi connectivity index (χ3n) is 5.56. The number of rotatable bonds is 6. The molecular formula is C29H31FN2O. The number of aryl methyl sites for hydroxylation is 1. The summed E-state index contributed by atoms with van der Waals surface area (Å²) < 4.78 is 22.0. The number of aromatic nitrogens is 1. The zero-order valence-corrected chi connectivity index (χ0v) is 20.0. The van der Waals surface area contributed by atoms with Gasteiger partial charge in [-0.2, -0.15) is 5.26 Å². The number of halogens is 1. The highest BCUT2D eigenvalue weighted by Crippen LogP contribution is 2.38. The summed E-state index contributed by atoms with van der Waals surface area (Å²) in [5, 5.41) is 10.7. The fourth-order valence-electron chi connectivity index (χ4n) is 3.95. The van der Waals surface area contributed by atoms with Crippen molar-refractivity contribution >= 4 is 10.9 Å². The van der Waals surface area contributed by atoms with Crippen LogP contribution < -0.4 is 4.74 Å². The van der Waals surface area contributed by atoms with Gasteiger partial charge in [0.05, 0.1) is 17.0 Å². The van der Waals surface area contributed by atoms with Crippen molar-refractivity contribution in [1.29, 1.82) is 5.26 Å². The van der Waals surface area contributed by atoms with Crippen molar-refractivity contribution in [3.05, 3.63) is 95.4 Å². The van der Waals surface area contributed by atoms with E-state index in [4.69, 9.17) is 4.74 Å².